The maximum Gasteiger partial charge on any atom is 0.326 e. The van der Waals surface area contributed by atoms with Crippen molar-refractivity contribution >= 4 is 45.5 Å². The van der Waals surface area contributed by atoms with Gasteiger partial charge in [0, 0.05) is 10.2 Å². The minimum absolute atomic E-state index is 0.115. The molecule has 1 heterocycles. The molecule has 2 aromatic rings. The lowest BCUT2D eigenvalue weighted by molar-refractivity contribution is -0.118. The van der Waals surface area contributed by atoms with Crippen molar-refractivity contribution in [1.82, 2.24) is 10.6 Å². The molecule has 1 aliphatic rings. The Kier molecular flexibility index (Phi) is 6.18. The number of hydrogen-bond acceptors (Lipinski definition) is 5. The summed E-state index contributed by atoms with van der Waals surface area (Å²) in [6.07, 6.45) is 1.50. The van der Waals surface area contributed by atoms with Crippen LogP contribution < -0.4 is 25.4 Å². The number of ether oxygens (including phenoxy) is 2. The summed E-state index contributed by atoms with van der Waals surface area (Å²) in [6.45, 7) is 1.75. The summed E-state index contributed by atoms with van der Waals surface area (Å²) in [5, 5.41) is 7.29. The highest BCUT2D eigenvalue weighted by Gasteiger charge is 2.23. The summed E-state index contributed by atoms with van der Waals surface area (Å²) >= 11 is 3.40. The van der Waals surface area contributed by atoms with Crippen LogP contribution in [-0.4, -0.2) is 31.6 Å². The third-order valence-corrected chi connectivity index (χ3v) is 4.68. The van der Waals surface area contributed by atoms with Crippen LogP contribution in [-0.2, 0) is 9.59 Å². The second kappa shape index (κ2) is 8.78. The zero-order chi connectivity index (χ0) is 21.0. The van der Waals surface area contributed by atoms with E-state index in [-0.39, 0.29) is 18.2 Å². The maximum atomic E-state index is 12.1. The normalized spacial score (nSPS) is 14.4. The lowest BCUT2D eigenvalue weighted by atomic mass is 10.1. The first-order valence-corrected chi connectivity index (χ1v) is 9.36. The molecule has 1 fully saturated rings. The number of hydrogen-bond donors (Lipinski definition) is 3. The van der Waals surface area contributed by atoms with Gasteiger partial charge in [-0.3, -0.25) is 14.9 Å². The summed E-state index contributed by atoms with van der Waals surface area (Å²) in [5.74, 6) is -0.119. The number of imide groups is 1. The van der Waals surface area contributed by atoms with Gasteiger partial charge in [0.15, 0.2) is 18.1 Å². The predicted molar refractivity (Wildman–Crippen MR) is 111 cm³/mol. The molecule has 4 amide bonds. The minimum Gasteiger partial charge on any atom is -0.493 e. The zero-order valence-corrected chi connectivity index (χ0v) is 17.3. The number of carbonyl (C=O) groups excluding carboxylic acids is 3. The van der Waals surface area contributed by atoms with Crippen molar-refractivity contribution in [2.24, 2.45) is 0 Å². The number of urea groups is 1. The zero-order valence-electron chi connectivity index (χ0n) is 15.7. The summed E-state index contributed by atoms with van der Waals surface area (Å²) in [4.78, 5) is 35.1. The summed E-state index contributed by atoms with van der Waals surface area (Å²) in [6, 6.07) is 10.1. The van der Waals surface area contributed by atoms with Crippen LogP contribution in [0, 0.1) is 6.92 Å². The van der Waals surface area contributed by atoms with E-state index < -0.39 is 11.9 Å². The number of rotatable bonds is 6. The van der Waals surface area contributed by atoms with Crippen molar-refractivity contribution in [1.29, 1.82) is 0 Å². The minimum atomic E-state index is -0.580. The first-order valence-electron chi connectivity index (χ1n) is 8.56. The third-order valence-electron chi connectivity index (χ3n) is 4.00. The quantitative estimate of drug-likeness (QED) is 0.454. The first-order chi connectivity index (χ1) is 13.9. The Balaban J connectivity index is 1.71. The highest BCUT2D eigenvalue weighted by Crippen LogP contribution is 2.34. The molecule has 3 rings (SSSR count). The monoisotopic (exact) mass is 459 g/mol. The van der Waals surface area contributed by atoms with Crippen molar-refractivity contribution in [2.75, 3.05) is 19.0 Å². The third kappa shape index (κ3) is 5.14. The Hall–Kier alpha value is -3.33. The average Bonchev–Trinajstić information content (AvgIpc) is 3.00. The van der Waals surface area contributed by atoms with Crippen molar-refractivity contribution in [3.8, 4) is 11.5 Å². The molecule has 1 aliphatic heterocycles. The maximum absolute atomic E-state index is 12.1. The number of amides is 4. The van der Waals surface area contributed by atoms with Crippen LogP contribution in [0.25, 0.3) is 6.08 Å². The topological polar surface area (TPSA) is 106 Å². The predicted octanol–water partition coefficient (Wildman–Crippen LogP) is 2.96. The van der Waals surface area contributed by atoms with E-state index in [1.807, 2.05) is 31.2 Å². The number of carbonyl (C=O) groups is 3. The fourth-order valence-corrected chi connectivity index (χ4v) is 2.99. The van der Waals surface area contributed by atoms with Crippen LogP contribution in [0.5, 0.6) is 11.5 Å². The second-order valence-electron chi connectivity index (χ2n) is 6.19. The van der Waals surface area contributed by atoms with Crippen molar-refractivity contribution in [3.05, 3.63) is 57.7 Å². The standard InChI is InChI=1S/C20H18BrN3O5/c1-11-3-5-13(6-4-11)22-18(25)10-29-17-9-14(21)12(8-16(17)28-2)7-15-19(26)24-20(27)23-15/h3-9H,10H2,1-2H3,(H,22,25)(H2,23,24,26,27)/b15-7+. The van der Waals surface area contributed by atoms with Crippen molar-refractivity contribution in [3.63, 3.8) is 0 Å². The van der Waals surface area contributed by atoms with Gasteiger partial charge in [-0.15, -0.1) is 0 Å². The lowest BCUT2D eigenvalue weighted by Gasteiger charge is -2.13. The van der Waals surface area contributed by atoms with Gasteiger partial charge in [-0.2, -0.15) is 0 Å². The molecule has 0 atom stereocenters. The molecule has 150 valence electrons. The van der Waals surface area contributed by atoms with E-state index in [0.717, 1.165) is 5.56 Å². The van der Waals surface area contributed by atoms with E-state index in [1.54, 1.807) is 12.1 Å². The van der Waals surface area contributed by atoms with Gasteiger partial charge in [-0.1, -0.05) is 33.6 Å². The molecule has 9 heteroatoms. The van der Waals surface area contributed by atoms with E-state index in [2.05, 4.69) is 31.9 Å². The number of benzene rings is 2. The molecule has 29 heavy (non-hydrogen) atoms. The van der Waals surface area contributed by atoms with Crippen molar-refractivity contribution < 1.29 is 23.9 Å². The highest BCUT2D eigenvalue weighted by molar-refractivity contribution is 9.10. The molecular weight excluding hydrogens is 442 g/mol. The molecule has 0 bridgehead atoms. The molecule has 3 N–H and O–H groups in total. The molecular formula is C20H18BrN3O5. The summed E-state index contributed by atoms with van der Waals surface area (Å²) in [7, 11) is 1.46. The molecule has 0 aromatic heterocycles. The van der Waals surface area contributed by atoms with Gasteiger partial charge in [0.25, 0.3) is 11.8 Å². The average molecular weight is 460 g/mol. The number of anilines is 1. The van der Waals surface area contributed by atoms with Crippen molar-refractivity contribution in [2.45, 2.75) is 6.92 Å². The molecule has 0 unspecified atom stereocenters. The molecule has 0 aliphatic carbocycles. The Morgan fingerprint density at radius 2 is 1.86 bits per heavy atom. The Morgan fingerprint density at radius 3 is 2.48 bits per heavy atom. The van der Waals surface area contributed by atoms with Gasteiger partial charge >= 0.3 is 6.03 Å². The molecule has 0 spiro atoms. The van der Waals surface area contributed by atoms with Crippen LogP contribution >= 0.6 is 15.9 Å². The molecule has 2 aromatic carbocycles. The van der Waals surface area contributed by atoms with Gasteiger partial charge in [0.2, 0.25) is 0 Å². The Labute approximate surface area is 175 Å². The van der Waals surface area contributed by atoms with Gasteiger partial charge in [-0.25, -0.2) is 4.79 Å². The van der Waals surface area contributed by atoms with Gasteiger partial charge in [0.05, 0.1) is 7.11 Å². The highest BCUT2D eigenvalue weighted by atomic mass is 79.9. The van der Waals surface area contributed by atoms with Gasteiger partial charge in [0.1, 0.15) is 5.70 Å². The number of nitrogens with one attached hydrogen (secondary N) is 3. The fourth-order valence-electron chi connectivity index (χ4n) is 2.55. The van der Waals surface area contributed by atoms with E-state index in [1.165, 1.54) is 13.2 Å². The van der Waals surface area contributed by atoms with E-state index >= 15 is 0 Å². The Morgan fingerprint density at radius 1 is 1.14 bits per heavy atom. The van der Waals surface area contributed by atoms with Crippen LogP contribution in [0.1, 0.15) is 11.1 Å². The van der Waals surface area contributed by atoms with E-state index in [0.29, 0.717) is 27.2 Å². The molecule has 0 saturated carbocycles. The number of methoxy groups -OCH3 is 1. The molecule has 8 nitrogen and oxygen atoms in total. The number of halogens is 1. The SMILES string of the molecule is COc1cc(/C=C2/NC(=O)NC2=O)c(Br)cc1OCC(=O)Nc1ccc(C)cc1. The second-order valence-corrected chi connectivity index (χ2v) is 7.05. The van der Waals surface area contributed by atoms with Gasteiger partial charge < -0.3 is 20.1 Å². The van der Waals surface area contributed by atoms with Crippen LogP contribution in [0.15, 0.2) is 46.6 Å². The van der Waals surface area contributed by atoms with Gasteiger partial charge in [-0.05, 0) is 42.8 Å². The lowest BCUT2D eigenvalue weighted by Crippen LogP contribution is -2.22. The summed E-state index contributed by atoms with van der Waals surface area (Å²) in [5.41, 5.74) is 2.48. The van der Waals surface area contributed by atoms with Crippen LogP contribution in [0.3, 0.4) is 0 Å². The largest absolute Gasteiger partial charge is 0.493 e. The van der Waals surface area contributed by atoms with Crippen LogP contribution in [0.2, 0.25) is 0 Å². The number of aryl methyl sites for hydroxylation is 1. The summed E-state index contributed by atoms with van der Waals surface area (Å²) < 4.78 is 11.5. The first kappa shape index (κ1) is 20.4. The smallest absolute Gasteiger partial charge is 0.326 e. The molecule has 1 saturated heterocycles. The fraction of sp³-hybridized carbons (Fsp3) is 0.150. The molecule has 0 radical (unpaired) electrons. The van der Waals surface area contributed by atoms with Crippen LogP contribution in [0.4, 0.5) is 10.5 Å². The van der Waals surface area contributed by atoms with E-state index in [9.17, 15) is 14.4 Å². The Bertz CT molecular complexity index is 1000. The van der Waals surface area contributed by atoms with E-state index in [4.69, 9.17) is 9.47 Å².